The Bertz CT molecular complexity index is 1560. The number of hydrogen-bond acceptors (Lipinski definition) is 8. The number of amides is 1. The number of carbonyl (C=O) groups excluding carboxylic acids is 2. The zero-order valence-corrected chi connectivity index (χ0v) is 20.0. The maximum Gasteiger partial charge on any atom is 0.301 e. The summed E-state index contributed by atoms with van der Waals surface area (Å²) in [4.78, 5) is 43.1. The zero-order valence-electron chi connectivity index (χ0n) is 19.2. The molecular weight excluding hydrogens is 482 g/mol. The number of benzene rings is 3. The number of fused-ring (bicyclic) bond motifs is 1. The Morgan fingerprint density at radius 3 is 2.42 bits per heavy atom. The number of non-ortho nitro benzene ring substituents is 1. The Labute approximate surface area is 209 Å². The number of thiazole rings is 1. The van der Waals surface area contributed by atoms with Gasteiger partial charge in [-0.25, -0.2) is 4.98 Å². The summed E-state index contributed by atoms with van der Waals surface area (Å²) in [7, 11) is 1.51. The van der Waals surface area contributed by atoms with Gasteiger partial charge >= 0.3 is 5.91 Å². The van der Waals surface area contributed by atoms with Crippen LogP contribution in [0.2, 0.25) is 0 Å². The third kappa shape index (κ3) is 3.87. The second-order valence-electron chi connectivity index (χ2n) is 8.21. The van der Waals surface area contributed by atoms with Gasteiger partial charge in [0, 0.05) is 17.7 Å². The van der Waals surface area contributed by atoms with Gasteiger partial charge in [0.2, 0.25) is 0 Å². The van der Waals surface area contributed by atoms with Crippen molar-refractivity contribution in [2.75, 3.05) is 12.0 Å². The Morgan fingerprint density at radius 1 is 1.08 bits per heavy atom. The first-order valence-electron chi connectivity index (χ1n) is 10.9. The van der Waals surface area contributed by atoms with E-state index in [2.05, 4.69) is 4.98 Å². The van der Waals surface area contributed by atoms with Crippen molar-refractivity contribution in [2.45, 2.75) is 13.0 Å². The van der Waals surface area contributed by atoms with E-state index in [0.717, 1.165) is 10.3 Å². The number of hydrogen-bond donors (Lipinski definition) is 1. The van der Waals surface area contributed by atoms with E-state index in [-0.39, 0.29) is 22.2 Å². The minimum Gasteiger partial charge on any atom is -0.507 e. The largest absolute Gasteiger partial charge is 0.507 e. The van der Waals surface area contributed by atoms with E-state index in [0.29, 0.717) is 22.4 Å². The summed E-state index contributed by atoms with van der Waals surface area (Å²) in [5.74, 6) is -1.52. The Hall–Kier alpha value is -4.57. The minimum atomic E-state index is -1.03. The summed E-state index contributed by atoms with van der Waals surface area (Å²) in [6.45, 7) is 1.94. The smallest absolute Gasteiger partial charge is 0.301 e. The van der Waals surface area contributed by atoms with Gasteiger partial charge in [-0.3, -0.25) is 24.6 Å². The molecule has 1 aliphatic rings. The van der Waals surface area contributed by atoms with Crippen LogP contribution in [0.3, 0.4) is 0 Å². The molecular formula is C26H19N3O6S. The Morgan fingerprint density at radius 2 is 1.78 bits per heavy atom. The number of ether oxygens (including phenoxy) is 1. The number of rotatable bonds is 5. The van der Waals surface area contributed by atoms with Crippen molar-refractivity contribution >= 4 is 49.8 Å². The van der Waals surface area contributed by atoms with Gasteiger partial charge in [0.15, 0.2) is 5.13 Å². The molecule has 0 bridgehead atoms. The number of aliphatic hydroxyl groups is 1. The van der Waals surface area contributed by atoms with Gasteiger partial charge in [-0.1, -0.05) is 17.4 Å². The van der Waals surface area contributed by atoms with E-state index in [1.807, 2.05) is 25.1 Å². The predicted octanol–water partition coefficient (Wildman–Crippen LogP) is 5.15. The van der Waals surface area contributed by atoms with Crippen LogP contribution in [0.4, 0.5) is 10.8 Å². The maximum absolute atomic E-state index is 13.3. The van der Waals surface area contributed by atoms with Gasteiger partial charge in [0.25, 0.3) is 11.5 Å². The SMILES string of the molecule is COc1ccc(C(O)=C2C(=O)C(=O)N(c3nc4ccc(C)cc4s3)[C@H]2c2ccc([N+](=O)[O-])cc2)cc1. The summed E-state index contributed by atoms with van der Waals surface area (Å²) in [5, 5.41) is 22.7. The van der Waals surface area contributed by atoms with Crippen molar-refractivity contribution in [3.05, 3.63) is 99.1 Å². The molecule has 10 heteroatoms. The van der Waals surface area contributed by atoms with Gasteiger partial charge in [0.05, 0.1) is 33.9 Å². The van der Waals surface area contributed by atoms with Crippen molar-refractivity contribution in [3.8, 4) is 5.75 Å². The van der Waals surface area contributed by atoms with E-state index >= 15 is 0 Å². The van der Waals surface area contributed by atoms with Crippen molar-refractivity contribution in [1.29, 1.82) is 0 Å². The first-order chi connectivity index (χ1) is 17.3. The molecule has 4 aromatic rings. The molecule has 0 unspecified atom stereocenters. The van der Waals surface area contributed by atoms with Gasteiger partial charge in [-0.2, -0.15) is 0 Å². The van der Waals surface area contributed by atoms with Crippen LogP contribution < -0.4 is 9.64 Å². The molecule has 5 rings (SSSR count). The number of aryl methyl sites for hydroxylation is 1. The molecule has 1 fully saturated rings. The van der Waals surface area contributed by atoms with Crippen molar-refractivity contribution < 1.29 is 24.4 Å². The van der Waals surface area contributed by atoms with Crippen LogP contribution in [0.5, 0.6) is 5.75 Å². The van der Waals surface area contributed by atoms with Crippen LogP contribution in [-0.2, 0) is 9.59 Å². The fourth-order valence-electron chi connectivity index (χ4n) is 4.15. The quantitative estimate of drug-likeness (QED) is 0.132. The number of methoxy groups -OCH3 is 1. The van der Waals surface area contributed by atoms with Gasteiger partial charge < -0.3 is 9.84 Å². The maximum atomic E-state index is 13.3. The number of Topliss-reactive ketones (excluding diaryl/α,β-unsaturated/α-hetero) is 1. The monoisotopic (exact) mass is 501 g/mol. The molecule has 0 spiro atoms. The third-order valence-corrected chi connectivity index (χ3v) is 6.98. The van der Waals surface area contributed by atoms with Crippen molar-refractivity contribution in [1.82, 2.24) is 4.98 Å². The number of nitrogens with zero attached hydrogens (tertiary/aromatic N) is 3. The number of aliphatic hydroxyl groups excluding tert-OH is 1. The molecule has 3 aromatic carbocycles. The van der Waals surface area contributed by atoms with E-state index in [1.54, 1.807) is 24.3 Å². The fourth-order valence-corrected chi connectivity index (χ4v) is 5.24. The number of nitro benzene ring substituents is 1. The third-order valence-electron chi connectivity index (χ3n) is 5.97. The first-order valence-corrected chi connectivity index (χ1v) is 11.7. The molecule has 1 atom stereocenters. The molecule has 180 valence electrons. The van der Waals surface area contributed by atoms with E-state index < -0.39 is 22.7 Å². The van der Waals surface area contributed by atoms with Gasteiger partial charge in [-0.15, -0.1) is 0 Å². The van der Waals surface area contributed by atoms with E-state index in [9.17, 15) is 24.8 Å². The van der Waals surface area contributed by atoms with Crippen LogP contribution in [-0.4, -0.2) is 33.8 Å². The highest BCUT2D eigenvalue weighted by atomic mass is 32.1. The number of nitro groups is 1. The molecule has 36 heavy (non-hydrogen) atoms. The molecule has 0 saturated carbocycles. The van der Waals surface area contributed by atoms with Crippen molar-refractivity contribution in [2.24, 2.45) is 0 Å². The molecule has 1 amide bonds. The average molecular weight is 502 g/mol. The Kier molecular flexibility index (Phi) is 5.73. The topological polar surface area (TPSA) is 123 Å². The van der Waals surface area contributed by atoms with E-state index in [1.165, 1.54) is 47.6 Å². The molecule has 1 aromatic heterocycles. The van der Waals surface area contributed by atoms with Crippen molar-refractivity contribution in [3.63, 3.8) is 0 Å². The molecule has 1 saturated heterocycles. The second kappa shape index (κ2) is 8.90. The van der Waals surface area contributed by atoms with Gasteiger partial charge in [-0.05, 0) is 66.6 Å². The molecule has 1 N–H and O–H groups in total. The fraction of sp³-hybridized carbons (Fsp3) is 0.115. The molecule has 0 aliphatic carbocycles. The molecule has 0 radical (unpaired) electrons. The number of carbonyl (C=O) groups is 2. The average Bonchev–Trinajstić information content (AvgIpc) is 3.41. The first kappa shape index (κ1) is 23.2. The molecule has 2 heterocycles. The zero-order chi connectivity index (χ0) is 25.6. The highest BCUT2D eigenvalue weighted by Gasteiger charge is 2.48. The second-order valence-corrected chi connectivity index (χ2v) is 9.22. The standard InChI is InChI=1S/C26H19N3O6S/c1-14-3-12-19-20(13-14)36-26(27-19)28-22(15-4-8-17(9-5-15)29(33)34)21(24(31)25(28)32)23(30)16-6-10-18(35-2)11-7-16/h3-13,22,30H,1-2H3/t22-/m0/s1. The lowest BCUT2D eigenvalue weighted by molar-refractivity contribution is -0.384. The van der Waals surface area contributed by atoms with Gasteiger partial charge in [0.1, 0.15) is 11.5 Å². The van der Waals surface area contributed by atoms with Crippen LogP contribution >= 0.6 is 11.3 Å². The number of aromatic nitrogens is 1. The van der Waals surface area contributed by atoms with Crippen LogP contribution in [0, 0.1) is 17.0 Å². The number of ketones is 1. The van der Waals surface area contributed by atoms with Crippen LogP contribution in [0.25, 0.3) is 16.0 Å². The summed E-state index contributed by atoms with van der Waals surface area (Å²) < 4.78 is 5.99. The summed E-state index contributed by atoms with van der Waals surface area (Å²) in [6.07, 6.45) is 0. The highest BCUT2D eigenvalue weighted by Crippen LogP contribution is 2.44. The minimum absolute atomic E-state index is 0.130. The van der Waals surface area contributed by atoms with Crippen LogP contribution in [0.15, 0.2) is 72.3 Å². The normalized spacial score (nSPS) is 17.1. The predicted molar refractivity (Wildman–Crippen MR) is 135 cm³/mol. The summed E-state index contributed by atoms with van der Waals surface area (Å²) in [6, 6.07) is 16.6. The lowest BCUT2D eigenvalue weighted by atomic mass is 9.95. The van der Waals surface area contributed by atoms with Crippen LogP contribution in [0.1, 0.15) is 22.7 Å². The van der Waals surface area contributed by atoms with E-state index in [4.69, 9.17) is 4.74 Å². The highest BCUT2D eigenvalue weighted by molar-refractivity contribution is 7.22. The Balaban J connectivity index is 1.70. The lowest BCUT2D eigenvalue weighted by Gasteiger charge is -2.22. The number of anilines is 1. The summed E-state index contributed by atoms with van der Waals surface area (Å²) >= 11 is 1.25. The molecule has 1 aliphatic heterocycles. The summed E-state index contributed by atoms with van der Waals surface area (Å²) in [5.41, 5.74) is 2.16. The lowest BCUT2D eigenvalue weighted by Crippen LogP contribution is -2.29. The molecule has 9 nitrogen and oxygen atoms in total.